The van der Waals surface area contributed by atoms with Gasteiger partial charge in [0.1, 0.15) is 11.8 Å². The SMILES string of the molecule is COc1ccc(CNC(=O)COC(=O)[C@H](C)NC(=O)C23CC4CC(CC(C4)C2)C3)cc1. The molecule has 7 nitrogen and oxygen atoms in total. The third kappa shape index (κ3) is 4.86. The lowest BCUT2D eigenvalue weighted by molar-refractivity contribution is -0.155. The van der Waals surface area contributed by atoms with E-state index in [4.69, 9.17) is 9.47 Å². The first-order valence-electron chi connectivity index (χ1n) is 11.2. The lowest BCUT2D eigenvalue weighted by atomic mass is 9.49. The van der Waals surface area contributed by atoms with Gasteiger partial charge in [-0.2, -0.15) is 0 Å². The highest BCUT2D eigenvalue weighted by Crippen LogP contribution is 2.60. The Kier molecular flexibility index (Phi) is 6.21. The molecule has 4 aliphatic rings. The average molecular weight is 429 g/mol. The zero-order valence-electron chi connectivity index (χ0n) is 18.3. The van der Waals surface area contributed by atoms with Crippen molar-refractivity contribution in [2.24, 2.45) is 23.2 Å². The summed E-state index contributed by atoms with van der Waals surface area (Å²) < 4.78 is 10.2. The summed E-state index contributed by atoms with van der Waals surface area (Å²) in [4.78, 5) is 37.4. The van der Waals surface area contributed by atoms with Crippen molar-refractivity contribution in [3.63, 3.8) is 0 Å². The number of benzene rings is 1. The highest BCUT2D eigenvalue weighted by atomic mass is 16.5. The minimum atomic E-state index is -0.769. The molecule has 0 aromatic heterocycles. The van der Waals surface area contributed by atoms with Crippen LogP contribution in [-0.2, 0) is 25.7 Å². The number of nitrogens with one attached hydrogen (secondary N) is 2. The molecule has 4 saturated carbocycles. The number of amides is 2. The van der Waals surface area contributed by atoms with E-state index in [0.29, 0.717) is 24.3 Å². The van der Waals surface area contributed by atoms with E-state index in [2.05, 4.69) is 10.6 Å². The molecule has 0 unspecified atom stereocenters. The molecule has 4 fully saturated rings. The Morgan fingerprint density at radius 2 is 1.61 bits per heavy atom. The molecule has 168 valence electrons. The fraction of sp³-hybridized carbons (Fsp3) is 0.625. The smallest absolute Gasteiger partial charge is 0.328 e. The van der Waals surface area contributed by atoms with Gasteiger partial charge < -0.3 is 20.1 Å². The van der Waals surface area contributed by atoms with Gasteiger partial charge in [0.25, 0.3) is 5.91 Å². The maximum absolute atomic E-state index is 13.0. The molecule has 0 spiro atoms. The second kappa shape index (κ2) is 8.89. The highest BCUT2D eigenvalue weighted by Gasteiger charge is 2.54. The maximum atomic E-state index is 13.0. The minimum absolute atomic E-state index is 0.0139. The van der Waals surface area contributed by atoms with Crippen molar-refractivity contribution < 1.29 is 23.9 Å². The first-order chi connectivity index (χ1) is 14.9. The van der Waals surface area contributed by atoms with E-state index < -0.39 is 12.0 Å². The number of rotatable bonds is 8. The topological polar surface area (TPSA) is 93.7 Å². The van der Waals surface area contributed by atoms with Gasteiger partial charge in [0, 0.05) is 12.0 Å². The number of esters is 1. The van der Waals surface area contributed by atoms with E-state index in [1.54, 1.807) is 14.0 Å². The Balaban J connectivity index is 1.20. The van der Waals surface area contributed by atoms with E-state index in [0.717, 1.165) is 30.6 Å². The third-order valence-corrected chi connectivity index (χ3v) is 7.22. The van der Waals surface area contributed by atoms with Gasteiger partial charge in [0.2, 0.25) is 5.91 Å². The van der Waals surface area contributed by atoms with Crippen LogP contribution in [0.3, 0.4) is 0 Å². The van der Waals surface area contributed by atoms with E-state index in [1.807, 2.05) is 24.3 Å². The molecule has 4 bridgehead atoms. The molecule has 1 aromatic rings. The maximum Gasteiger partial charge on any atom is 0.328 e. The Bertz CT molecular complexity index is 800. The molecule has 4 aliphatic carbocycles. The highest BCUT2D eigenvalue weighted by molar-refractivity contribution is 5.89. The van der Waals surface area contributed by atoms with Gasteiger partial charge in [-0.15, -0.1) is 0 Å². The molecule has 31 heavy (non-hydrogen) atoms. The number of methoxy groups -OCH3 is 1. The summed E-state index contributed by atoms with van der Waals surface area (Å²) >= 11 is 0. The van der Waals surface area contributed by atoms with Gasteiger partial charge in [-0.1, -0.05) is 12.1 Å². The molecule has 2 N–H and O–H groups in total. The van der Waals surface area contributed by atoms with Crippen LogP contribution in [0.15, 0.2) is 24.3 Å². The van der Waals surface area contributed by atoms with Crippen molar-refractivity contribution >= 4 is 17.8 Å². The molecule has 7 heteroatoms. The van der Waals surface area contributed by atoms with Crippen molar-refractivity contribution in [1.29, 1.82) is 0 Å². The van der Waals surface area contributed by atoms with E-state index in [-0.39, 0.29) is 23.8 Å². The molecule has 0 saturated heterocycles. The number of ether oxygens (including phenoxy) is 2. The van der Waals surface area contributed by atoms with Crippen molar-refractivity contribution in [3.8, 4) is 5.75 Å². The summed E-state index contributed by atoms with van der Waals surface area (Å²) in [6.07, 6.45) is 6.61. The molecule has 0 radical (unpaired) electrons. The van der Waals surface area contributed by atoms with Crippen LogP contribution in [0.2, 0.25) is 0 Å². The van der Waals surface area contributed by atoms with Gasteiger partial charge in [-0.25, -0.2) is 4.79 Å². The lowest BCUT2D eigenvalue weighted by Gasteiger charge is -2.55. The summed E-state index contributed by atoms with van der Waals surface area (Å²) in [7, 11) is 1.59. The summed E-state index contributed by atoms with van der Waals surface area (Å²) in [5.74, 6) is 1.74. The van der Waals surface area contributed by atoms with E-state index in [9.17, 15) is 14.4 Å². The zero-order valence-corrected chi connectivity index (χ0v) is 18.3. The monoisotopic (exact) mass is 428 g/mol. The van der Waals surface area contributed by atoms with Gasteiger partial charge in [-0.05, 0) is 80.9 Å². The van der Waals surface area contributed by atoms with Crippen LogP contribution >= 0.6 is 0 Å². The Hall–Kier alpha value is -2.57. The second-order valence-corrected chi connectivity index (χ2v) is 9.63. The normalized spacial score (nSPS) is 29.2. The summed E-state index contributed by atoms with van der Waals surface area (Å²) in [6.45, 7) is 1.58. The Morgan fingerprint density at radius 1 is 1.03 bits per heavy atom. The molecule has 2 amide bonds. The molecule has 0 aliphatic heterocycles. The predicted octanol–water partition coefficient (Wildman–Crippen LogP) is 2.58. The van der Waals surface area contributed by atoms with Crippen molar-refractivity contribution in [2.45, 2.75) is 58.0 Å². The zero-order chi connectivity index (χ0) is 22.0. The van der Waals surface area contributed by atoms with E-state index >= 15 is 0 Å². The fourth-order valence-corrected chi connectivity index (χ4v) is 6.05. The van der Waals surface area contributed by atoms with E-state index in [1.165, 1.54) is 19.3 Å². The fourth-order valence-electron chi connectivity index (χ4n) is 6.05. The third-order valence-electron chi connectivity index (χ3n) is 7.22. The van der Waals surface area contributed by atoms with Gasteiger partial charge in [0.05, 0.1) is 7.11 Å². The van der Waals surface area contributed by atoms with Gasteiger partial charge in [-0.3, -0.25) is 9.59 Å². The predicted molar refractivity (Wildman–Crippen MR) is 114 cm³/mol. The summed E-state index contributed by atoms with van der Waals surface area (Å²) in [5, 5.41) is 5.59. The molecular formula is C24H32N2O5. The molecule has 5 rings (SSSR count). The largest absolute Gasteiger partial charge is 0.497 e. The van der Waals surface area contributed by atoms with Crippen LogP contribution in [0.4, 0.5) is 0 Å². The lowest BCUT2D eigenvalue weighted by Crippen LogP contribution is -2.56. The van der Waals surface area contributed by atoms with Crippen LogP contribution in [0, 0.1) is 23.2 Å². The molecule has 1 atom stereocenters. The summed E-state index contributed by atoms with van der Waals surface area (Å²) in [6, 6.07) is 6.57. The van der Waals surface area contributed by atoms with Crippen molar-refractivity contribution in [2.75, 3.05) is 13.7 Å². The van der Waals surface area contributed by atoms with Gasteiger partial charge in [0.15, 0.2) is 6.61 Å². The minimum Gasteiger partial charge on any atom is -0.497 e. The average Bonchev–Trinajstić information content (AvgIpc) is 2.75. The van der Waals surface area contributed by atoms with Crippen LogP contribution in [-0.4, -0.2) is 37.5 Å². The van der Waals surface area contributed by atoms with Crippen LogP contribution in [0.5, 0.6) is 5.75 Å². The molecule has 1 aromatic carbocycles. The van der Waals surface area contributed by atoms with Crippen molar-refractivity contribution in [1.82, 2.24) is 10.6 Å². The van der Waals surface area contributed by atoms with Gasteiger partial charge >= 0.3 is 5.97 Å². The second-order valence-electron chi connectivity index (χ2n) is 9.63. The summed E-state index contributed by atoms with van der Waals surface area (Å²) in [5.41, 5.74) is 0.607. The van der Waals surface area contributed by atoms with Crippen LogP contribution in [0.25, 0.3) is 0 Å². The molecule has 0 heterocycles. The molecular weight excluding hydrogens is 396 g/mol. The Morgan fingerprint density at radius 3 is 2.16 bits per heavy atom. The standard InChI is InChI=1S/C24H32N2O5/c1-15(26-23(29)24-10-17-7-18(11-24)9-19(8-17)12-24)22(28)31-14-21(27)25-13-16-3-5-20(30-2)6-4-16/h3-6,15,17-19H,7-14H2,1-2H3,(H,25,27)(H,26,29)/t15-,17?,18?,19?,24?/m0/s1. The van der Waals surface area contributed by atoms with Crippen molar-refractivity contribution in [3.05, 3.63) is 29.8 Å². The first-order valence-corrected chi connectivity index (χ1v) is 11.2. The number of hydrogen-bond acceptors (Lipinski definition) is 5. The number of hydrogen-bond donors (Lipinski definition) is 2. The number of carbonyl (C=O) groups is 3. The van der Waals surface area contributed by atoms with Crippen LogP contribution in [0.1, 0.15) is 51.0 Å². The Labute approximate surface area is 183 Å². The van der Waals surface area contributed by atoms with Crippen LogP contribution < -0.4 is 15.4 Å². The quantitative estimate of drug-likeness (QED) is 0.621. The first kappa shape index (κ1) is 21.7. The number of carbonyl (C=O) groups excluding carboxylic acids is 3.